The number of allylic oxidation sites excluding steroid dienone is 1. The van der Waals surface area contributed by atoms with Crippen LogP contribution in [0, 0.1) is 0 Å². The largest absolute Gasteiger partial charge is 0.465 e. The molecule has 0 aliphatic carbocycles. The van der Waals surface area contributed by atoms with Crippen molar-refractivity contribution in [2.24, 2.45) is 0 Å². The lowest BCUT2D eigenvalue weighted by Crippen LogP contribution is -2.45. The third-order valence-corrected chi connectivity index (χ3v) is 2.46. The van der Waals surface area contributed by atoms with Crippen LogP contribution in [0.5, 0.6) is 0 Å². The fourth-order valence-electron chi connectivity index (χ4n) is 1.49. The van der Waals surface area contributed by atoms with E-state index in [1.54, 1.807) is 0 Å². The molecule has 138 valence electrons. The third kappa shape index (κ3) is 6.71. The maximum Gasteiger partial charge on any atom is 0.450 e. The number of morpholine rings is 1. The molecule has 0 radical (unpaired) electrons. The summed E-state index contributed by atoms with van der Waals surface area (Å²) in [6, 6.07) is 0. The van der Waals surface area contributed by atoms with E-state index in [0.29, 0.717) is 0 Å². The fourth-order valence-corrected chi connectivity index (χ4v) is 1.49. The first-order valence-electron chi connectivity index (χ1n) is 5.72. The molecule has 1 fully saturated rings. The average molecular weight is 367 g/mol. The number of alkyl halides is 9. The Balaban J connectivity index is 0.00000484. The van der Waals surface area contributed by atoms with Crippen molar-refractivity contribution in [3.05, 3.63) is 12.0 Å². The highest BCUT2D eigenvalue weighted by Gasteiger charge is 2.60. The smallest absolute Gasteiger partial charge is 0.450 e. The quantitative estimate of drug-likeness (QED) is 0.564. The van der Waals surface area contributed by atoms with Crippen molar-refractivity contribution >= 4 is 0 Å². The molecule has 1 aliphatic heterocycles. The first kappa shape index (κ1) is 21.6. The van der Waals surface area contributed by atoms with Crippen LogP contribution in [-0.4, -0.2) is 55.8 Å². The Morgan fingerprint density at radius 2 is 1.35 bits per heavy atom. The lowest BCUT2D eigenvalue weighted by atomic mass is 10.3. The van der Waals surface area contributed by atoms with Crippen LogP contribution in [0.4, 0.5) is 44.2 Å². The molecule has 3 nitrogen and oxygen atoms in total. The molecule has 23 heavy (non-hydrogen) atoms. The van der Waals surface area contributed by atoms with Gasteiger partial charge in [0.25, 0.3) is 6.10 Å². The van der Waals surface area contributed by atoms with Gasteiger partial charge in [0.05, 0.1) is 13.2 Å². The lowest BCUT2D eigenvalue weighted by molar-refractivity contribution is -0.322. The number of hydrogen-bond donors (Lipinski definition) is 0. The van der Waals surface area contributed by atoms with Gasteiger partial charge in [0.15, 0.2) is 0 Å². The van der Waals surface area contributed by atoms with Gasteiger partial charge in [-0.05, 0) is 0 Å². The molecule has 1 aliphatic rings. The highest BCUT2D eigenvalue weighted by Crippen LogP contribution is 2.39. The number of halogens is 10. The molecule has 0 amide bonds. The number of nitrogens with zero attached hydrogens (tertiary/aromatic N) is 1. The molecule has 0 bridgehead atoms. The predicted molar refractivity (Wildman–Crippen MR) is 56.0 cm³/mol. The maximum atomic E-state index is 12.6. The highest BCUT2D eigenvalue weighted by atomic mass is 19.4. The summed E-state index contributed by atoms with van der Waals surface area (Å²) < 4.78 is 120. The van der Waals surface area contributed by atoms with Gasteiger partial charge in [0.1, 0.15) is 0 Å². The Labute approximate surface area is 123 Å². The molecule has 0 aromatic carbocycles. The molecular formula is C10H11F10NO2. The summed E-state index contributed by atoms with van der Waals surface area (Å²) in [5.41, 5.74) is 0. The molecule has 0 spiro atoms. The molecule has 1 heterocycles. The molecule has 13 heteroatoms. The van der Waals surface area contributed by atoms with Crippen LogP contribution in [0.2, 0.25) is 0 Å². The number of ether oxygens (including phenoxy) is 2. The van der Waals surface area contributed by atoms with Crippen LogP contribution >= 0.6 is 0 Å². The van der Waals surface area contributed by atoms with Gasteiger partial charge < -0.3 is 14.4 Å². The Kier molecular flexibility index (Phi) is 6.99. The van der Waals surface area contributed by atoms with Crippen molar-refractivity contribution in [1.82, 2.24) is 4.90 Å². The van der Waals surface area contributed by atoms with Gasteiger partial charge in [0, 0.05) is 19.3 Å². The van der Waals surface area contributed by atoms with Gasteiger partial charge in [-0.15, -0.1) is 0 Å². The summed E-state index contributed by atoms with van der Waals surface area (Å²) in [6.45, 7) is -0.259. The monoisotopic (exact) mass is 367 g/mol. The lowest BCUT2D eigenvalue weighted by Gasteiger charge is -2.29. The first-order valence-corrected chi connectivity index (χ1v) is 5.72. The molecule has 0 aromatic heterocycles. The zero-order valence-electron chi connectivity index (χ0n) is 11.1. The summed E-state index contributed by atoms with van der Waals surface area (Å²) >= 11 is 0. The summed E-state index contributed by atoms with van der Waals surface area (Å²) in [5.74, 6) is -2.37. The van der Waals surface area contributed by atoms with E-state index in [1.165, 1.54) is 0 Å². The van der Waals surface area contributed by atoms with E-state index in [-0.39, 0.29) is 37.2 Å². The van der Waals surface area contributed by atoms with E-state index in [4.69, 9.17) is 4.74 Å². The molecule has 0 unspecified atom stereocenters. The third-order valence-electron chi connectivity index (χ3n) is 2.46. The van der Waals surface area contributed by atoms with Crippen molar-refractivity contribution in [2.75, 3.05) is 26.3 Å². The zero-order chi connectivity index (χ0) is 17.2. The number of hydrogen-bond acceptors (Lipinski definition) is 3. The van der Waals surface area contributed by atoms with Crippen molar-refractivity contribution in [1.29, 1.82) is 0 Å². The molecule has 0 aromatic rings. The van der Waals surface area contributed by atoms with Crippen molar-refractivity contribution in [3.8, 4) is 0 Å². The molecule has 0 N–H and O–H groups in total. The van der Waals surface area contributed by atoms with E-state index in [9.17, 15) is 39.5 Å². The van der Waals surface area contributed by atoms with Crippen molar-refractivity contribution in [2.45, 2.75) is 24.6 Å². The van der Waals surface area contributed by atoms with Crippen molar-refractivity contribution < 1.29 is 53.7 Å². The van der Waals surface area contributed by atoms with Gasteiger partial charge in [-0.25, -0.2) is 0 Å². The van der Waals surface area contributed by atoms with E-state index >= 15 is 0 Å². The van der Waals surface area contributed by atoms with Crippen LogP contribution < -0.4 is 0 Å². The Morgan fingerprint density at radius 3 is 1.70 bits per heavy atom. The molecule has 1 saturated heterocycles. The van der Waals surface area contributed by atoms with Crippen LogP contribution in [-0.2, 0) is 9.47 Å². The summed E-state index contributed by atoms with van der Waals surface area (Å²) in [5, 5.41) is 0. The van der Waals surface area contributed by atoms with Gasteiger partial charge in [0.2, 0.25) is 5.76 Å². The summed E-state index contributed by atoms with van der Waals surface area (Å²) in [6.07, 6.45) is -22.0. The highest BCUT2D eigenvalue weighted by molar-refractivity contribution is 5.02. The Hall–Kier alpha value is -1.40. The van der Waals surface area contributed by atoms with Gasteiger partial charge in [-0.3, -0.25) is 4.70 Å². The molecule has 1 rings (SSSR count). The van der Waals surface area contributed by atoms with Crippen molar-refractivity contribution in [3.63, 3.8) is 0 Å². The van der Waals surface area contributed by atoms with Crippen LogP contribution in [0.25, 0.3) is 0 Å². The van der Waals surface area contributed by atoms with Gasteiger partial charge >= 0.3 is 18.5 Å². The SMILES string of the molecule is F.FC(F)(F)C(=CN1CCOCC1)OC(C(F)(F)F)C(F)(F)F. The van der Waals surface area contributed by atoms with Crippen LogP contribution in [0.15, 0.2) is 12.0 Å². The molecule has 0 saturated carbocycles. The molecule has 0 atom stereocenters. The normalized spacial score (nSPS) is 18.0. The second-order valence-corrected chi connectivity index (χ2v) is 4.22. The minimum absolute atomic E-state index is 0. The number of rotatable bonds is 3. The molecular weight excluding hydrogens is 356 g/mol. The second kappa shape index (κ2) is 7.45. The Morgan fingerprint density at radius 1 is 0.913 bits per heavy atom. The standard InChI is InChI=1S/C10H10F9NO2.FH/c11-8(12,13)6(5-20-1-3-21-4-2-20)22-7(9(14,15)16)10(17,18)19;/h5,7H,1-4H2;1H. The van der Waals surface area contributed by atoms with E-state index in [1.807, 2.05) is 0 Å². The topological polar surface area (TPSA) is 21.7 Å². The summed E-state index contributed by atoms with van der Waals surface area (Å²) in [7, 11) is 0. The minimum Gasteiger partial charge on any atom is -0.465 e. The predicted octanol–water partition coefficient (Wildman–Crippen LogP) is 3.38. The van der Waals surface area contributed by atoms with Gasteiger partial charge in [-0.2, -0.15) is 39.5 Å². The first-order chi connectivity index (χ1) is 9.82. The summed E-state index contributed by atoms with van der Waals surface area (Å²) in [4.78, 5) is 0.871. The second-order valence-electron chi connectivity index (χ2n) is 4.22. The fraction of sp³-hybridized carbons (Fsp3) is 0.800. The van der Waals surface area contributed by atoms with Crippen LogP contribution in [0.3, 0.4) is 0 Å². The minimum atomic E-state index is -6.03. The average Bonchev–Trinajstić information content (AvgIpc) is 2.31. The maximum absolute atomic E-state index is 12.6. The zero-order valence-corrected chi connectivity index (χ0v) is 11.1. The van der Waals surface area contributed by atoms with Gasteiger partial charge in [-0.1, -0.05) is 0 Å². The Bertz CT molecular complexity index is 380. The van der Waals surface area contributed by atoms with E-state index in [0.717, 1.165) is 4.90 Å². The van der Waals surface area contributed by atoms with Crippen LogP contribution in [0.1, 0.15) is 0 Å². The van der Waals surface area contributed by atoms with E-state index < -0.39 is 30.4 Å². The van der Waals surface area contributed by atoms with E-state index in [2.05, 4.69) is 4.74 Å².